The molecule has 0 saturated heterocycles. The Morgan fingerprint density at radius 3 is 2.48 bits per heavy atom. The van der Waals surface area contributed by atoms with Crippen LogP contribution in [0.25, 0.3) is 5.69 Å². The first-order valence-electron chi connectivity index (χ1n) is 9.00. The van der Waals surface area contributed by atoms with E-state index in [-0.39, 0.29) is 18.2 Å². The topological polar surface area (TPSA) is 50.2 Å². The van der Waals surface area contributed by atoms with Crippen LogP contribution in [0.15, 0.2) is 67.3 Å². The van der Waals surface area contributed by atoms with Gasteiger partial charge < -0.3 is 14.8 Å². The van der Waals surface area contributed by atoms with Crippen molar-refractivity contribution in [3.8, 4) is 5.69 Å². The number of benzene rings is 2. The van der Waals surface area contributed by atoms with E-state index in [4.69, 9.17) is 0 Å². The van der Waals surface area contributed by atoms with Crippen molar-refractivity contribution in [3.05, 3.63) is 83.9 Å². The SMILES string of the molecule is C[C@H](NC(=O)N(C)Cc1ccccc1C(F)(F)F)c1ccc(-n2ccnc2)cc1. The summed E-state index contributed by atoms with van der Waals surface area (Å²) in [6, 6.07) is 12.1. The van der Waals surface area contributed by atoms with Crippen molar-refractivity contribution in [2.75, 3.05) is 7.05 Å². The number of urea groups is 1. The molecule has 0 bridgehead atoms. The number of hydrogen-bond acceptors (Lipinski definition) is 2. The Balaban J connectivity index is 1.64. The molecule has 0 radical (unpaired) electrons. The number of carbonyl (C=O) groups excluding carboxylic acids is 1. The zero-order valence-corrected chi connectivity index (χ0v) is 16.0. The Hall–Kier alpha value is -3.29. The van der Waals surface area contributed by atoms with Gasteiger partial charge in [-0.1, -0.05) is 30.3 Å². The summed E-state index contributed by atoms with van der Waals surface area (Å²) in [6.45, 7) is 1.68. The third kappa shape index (κ3) is 4.96. The zero-order valence-electron chi connectivity index (χ0n) is 16.0. The minimum absolute atomic E-state index is 0.0509. The summed E-state index contributed by atoms with van der Waals surface area (Å²) in [7, 11) is 1.47. The van der Waals surface area contributed by atoms with Crippen molar-refractivity contribution in [2.45, 2.75) is 25.7 Å². The first-order chi connectivity index (χ1) is 13.8. The molecule has 1 atom stereocenters. The molecular weight excluding hydrogens is 381 g/mol. The highest BCUT2D eigenvalue weighted by atomic mass is 19.4. The van der Waals surface area contributed by atoms with E-state index in [1.807, 2.05) is 42.0 Å². The first-order valence-corrected chi connectivity index (χ1v) is 9.00. The Morgan fingerprint density at radius 1 is 1.17 bits per heavy atom. The van der Waals surface area contributed by atoms with Gasteiger partial charge in [-0.15, -0.1) is 0 Å². The van der Waals surface area contributed by atoms with Crippen LogP contribution in [0, 0.1) is 0 Å². The second-order valence-corrected chi connectivity index (χ2v) is 6.74. The second-order valence-electron chi connectivity index (χ2n) is 6.74. The molecular formula is C21H21F3N4O. The third-order valence-electron chi connectivity index (χ3n) is 4.61. The van der Waals surface area contributed by atoms with Gasteiger partial charge in [-0.3, -0.25) is 0 Å². The first kappa shape index (κ1) is 20.4. The smallest absolute Gasteiger partial charge is 0.331 e. The molecule has 2 amide bonds. The van der Waals surface area contributed by atoms with Crippen LogP contribution in [0.3, 0.4) is 0 Å². The minimum atomic E-state index is -4.46. The van der Waals surface area contributed by atoms with Crippen LogP contribution < -0.4 is 5.32 Å². The molecule has 3 rings (SSSR count). The van der Waals surface area contributed by atoms with Gasteiger partial charge in [0.25, 0.3) is 0 Å². The lowest BCUT2D eigenvalue weighted by molar-refractivity contribution is -0.138. The highest BCUT2D eigenvalue weighted by Gasteiger charge is 2.33. The Bertz CT molecular complexity index is 953. The fraction of sp³-hybridized carbons (Fsp3) is 0.238. The van der Waals surface area contributed by atoms with Gasteiger partial charge in [0.1, 0.15) is 0 Å². The van der Waals surface area contributed by atoms with Crippen molar-refractivity contribution in [1.29, 1.82) is 0 Å². The second kappa shape index (κ2) is 8.38. The van der Waals surface area contributed by atoms with Crippen LogP contribution in [0.1, 0.15) is 29.7 Å². The number of halogens is 3. The number of nitrogens with zero attached hydrogens (tertiary/aromatic N) is 3. The molecule has 0 spiro atoms. The standard InChI is InChI=1S/C21H21F3N4O/c1-15(16-7-9-18(10-8-16)28-12-11-25-14-28)26-20(29)27(2)13-17-5-3-4-6-19(17)21(22,23)24/h3-12,14-15H,13H2,1-2H3,(H,26,29)/t15-/m0/s1. The fourth-order valence-corrected chi connectivity index (χ4v) is 2.99. The van der Waals surface area contributed by atoms with E-state index in [1.54, 1.807) is 12.5 Å². The Labute approximate surface area is 166 Å². The highest BCUT2D eigenvalue weighted by molar-refractivity contribution is 5.74. The molecule has 29 heavy (non-hydrogen) atoms. The van der Waals surface area contributed by atoms with Crippen molar-refractivity contribution < 1.29 is 18.0 Å². The summed E-state index contributed by atoms with van der Waals surface area (Å²) >= 11 is 0. The van der Waals surface area contributed by atoms with Crippen LogP contribution in [-0.2, 0) is 12.7 Å². The summed E-state index contributed by atoms with van der Waals surface area (Å²) in [5.74, 6) is 0. The maximum atomic E-state index is 13.1. The van der Waals surface area contributed by atoms with Crippen molar-refractivity contribution in [1.82, 2.24) is 19.8 Å². The van der Waals surface area contributed by atoms with E-state index < -0.39 is 17.8 Å². The number of carbonyl (C=O) groups is 1. The predicted molar refractivity (Wildman–Crippen MR) is 103 cm³/mol. The lowest BCUT2D eigenvalue weighted by Crippen LogP contribution is -2.38. The van der Waals surface area contributed by atoms with Gasteiger partial charge in [0.2, 0.25) is 0 Å². The van der Waals surface area contributed by atoms with Crippen LogP contribution in [0.4, 0.5) is 18.0 Å². The van der Waals surface area contributed by atoms with Gasteiger partial charge in [0, 0.05) is 31.7 Å². The van der Waals surface area contributed by atoms with E-state index in [0.29, 0.717) is 0 Å². The molecule has 0 aliphatic carbocycles. The summed E-state index contributed by atoms with van der Waals surface area (Å²) in [5.41, 5.74) is 1.13. The van der Waals surface area contributed by atoms with E-state index >= 15 is 0 Å². The maximum absolute atomic E-state index is 13.1. The van der Waals surface area contributed by atoms with Crippen molar-refractivity contribution >= 4 is 6.03 Å². The molecule has 8 heteroatoms. The fourth-order valence-electron chi connectivity index (χ4n) is 2.99. The molecule has 0 aliphatic rings. The molecule has 1 aromatic heterocycles. The number of alkyl halides is 3. The number of hydrogen-bond donors (Lipinski definition) is 1. The predicted octanol–water partition coefficient (Wildman–Crippen LogP) is 4.79. The van der Waals surface area contributed by atoms with Crippen LogP contribution >= 0.6 is 0 Å². The highest BCUT2D eigenvalue weighted by Crippen LogP contribution is 2.32. The Kier molecular flexibility index (Phi) is 5.91. The van der Waals surface area contributed by atoms with Crippen molar-refractivity contribution in [3.63, 3.8) is 0 Å². The molecule has 0 fully saturated rings. The van der Waals surface area contributed by atoms with Gasteiger partial charge in [0.05, 0.1) is 17.9 Å². The van der Waals surface area contributed by atoms with Crippen LogP contribution in [-0.4, -0.2) is 27.5 Å². The van der Waals surface area contributed by atoms with Crippen LogP contribution in [0.2, 0.25) is 0 Å². The maximum Gasteiger partial charge on any atom is 0.416 e. The van der Waals surface area contributed by atoms with E-state index in [9.17, 15) is 18.0 Å². The average Bonchev–Trinajstić information content (AvgIpc) is 3.22. The average molecular weight is 402 g/mol. The van der Waals surface area contributed by atoms with Gasteiger partial charge in [-0.05, 0) is 36.2 Å². The van der Waals surface area contributed by atoms with Crippen molar-refractivity contribution in [2.24, 2.45) is 0 Å². The largest absolute Gasteiger partial charge is 0.416 e. The summed E-state index contributed by atoms with van der Waals surface area (Å²) in [6.07, 6.45) is 0.740. The molecule has 152 valence electrons. The lowest BCUT2D eigenvalue weighted by atomic mass is 10.1. The molecule has 3 aromatic rings. The zero-order chi connectivity index (χ0) is 21.0. The number of rotatable bonds is 5. The molecule has 2 aromatic carbocycles. The van der Waals surface area contributed by atoms with Gasteiger partial charge in [-0.25, -0.2) is 9.78 Å². The number of aromatic nitrogens is 2. The monoisotopic (exact) mass is 402 g/mol. The summed E-state index contributed by atoms with van der Waals surface area (Å²) in [4.78, 5) is 17.7. The van der Waals surface area contributed by atoms with Gasteiger partial charge >= 0.3 is 12.2 Å². The van der Waals surface area contributed by atoms with E-state index in [2.05, 4.69) is 10.3 Å². The molecule has 0 unspecified atom stereocenters. The normalized spacial score (nSPS) is 12.4. The van der Waals surface area contributed by atoms with E-state index in [0.717, 1.165) is 17.3 Å². The molecule has 0 aliphatic heterocycles. The number of imidazole rings is 1. The number of amides is 2. The quantitative estimate of drug-likeness (QED) is 0.667. The molecule has 0 saturated carbocycles. The molecule has 1 N–H and O–H groups in total. The number of nitrogens with one attached hydrogen (secondary N) is 1. The minimum Gasteiger partial charge on any atom is -0.331 e. The van der Waals surface area contributed by atoms with Gasteiger partial charge in [-0.2, -0.15) is 13.2 Å². The van der Waals surface area contributed by atoms with E-state index in [1.165, 1.54) is 30.1 Å². The summed E-state index contributed by atoms with van der Waals surface area (Å²) in [5, 5.41) is 2.82. The molecule has 5 nitrogen and oxygen atoms in total. The lowest BCUT2D eigenvalue weighted by Gasteiger charge is -2.23. The summed E-state index contributed by atoms with van der Waals surface area (Å²) < 4.78 is 41.3. The Morgan fingerprint density at radius 2 is 1.86 bits per heavy atom. The van der Waals surface area contributed by atoms with Gasteiger partial charge in [0.15, 0.2) is 0 Å². The molecule has 1 heterocycles. The third-order valence-corrected chi connectivity index (χ3v) is 4.61. The van der Waals surface area contributed by atoms with Crippen LogP contribution in [0.5, 0.6) is 0 Å².